The predicted molar refractivity (Wildman–Crippen MR) is 146 cm³/mol. The standard InChI is InChI=1S/C28H29F3N6O2S/c1-17(20-4-2-3-5-21(20)28(29,30)31)39-24-13-25(40-26(24)27(32)38)37-16-34-22-14-33-18(12-23(22)37)15-35-8-10-36(11-9-35)19-6-7-19/h2-5,12-14,16-17,19H,6-11,15H2,1H3,(H2,32,38)/t17-/m1/s1. The van der Waals surface area contributed by atoms with Crippen LogP contribution in [-0.2, 0) is 12.7 Å². The Morgan fingerprint density at radius 3 is 2.60 bits per heavy atom. The lowest BCUT2D eigenvalue weighted by Gasteiger charge is -2.34. The van der Waals surface area contributed by atoms with Crippen molar-refractivity contribution in [3.05, 3.63) is 70.6 Å². The van der Waals surface area contributed by atoms with Crippen LogP contribution in [0, 0.1) is 0 Å². The van der Waals surface area contributed by atoms with Gasteiger partial charge >= 0.3 is 6.18 Å². The van der Waals surface area contributed by atoms with Gasteiger partial charge in [-0.15, -0.1) is 11.3 Å². The van der Waals surface area contributed by atoms with Gasteiger partial charge in [0.05, 0.1) is 23.0 Å². The first-order chi connectivity index (χ1) is 19.2. The summed E-state index contributed by atoms with van der Waals surface area (Å²) in [6.07, 6.45) is 0.482. The van der Waals surface area contributed by atoms with Crippen molar-refractivity contribution in [2.24, 2.45) is 5.73 Å². The van der Waals surface area contributed by atoms with E-state index in [2.05, 4.69) is 19.8 Å². The minimum Gasteiger partial charge on any atom is -0.484 e. The Kier molecular flexibility index (Phi) is 7.01. The van der Waals surface area contributed by atoms with Crippen molar-refractivity contribution < 1.29 is 22.7 Å². The number of alkyl halides is 3. The van der Waals surface area contributed by atoms with E-state index in [1.54, 1.807) is 18.6 Å². The van der Waals surface area contributed by atoms with Crippen LogP contribution in [0.2, 0.25) is 0 Å². The molecule has 210 valence electrons. The first-order valence-electron chi connectivity index (χ1n) is 13.2. The van der Waals surface area contributed by atoms with Gasteiger partial charge < -0.3 is 10.5 Å². The van der Waals surface area contributed by atoms with Crippen LogP contribution in [0.5, 0.6) is 5.75 Å². The van der Waals surface area contributed by atoms with E-state index in [0.29, 0.717) is 10.5 Å². The molecule has 12 heteroatoms. The molecule has 1 aromatic carbocycles. The van der Waals surface area contributed by atoms with E-state index in [0.717, 1.165) is 67.4 Å². The molecule has 4 aromatic rings. The number of nitrogens with zero attached hydrogens (tertiary/aromatic N) is 5. The fraction of sp³-hybridized carbons (Fsp3) is 0.393. The summed E-state index contributed by atoms with van der Waals surface area (Å²) in [6, 6.07) is 9.62. The lowest BCUT2D eigenvalue weighted by atomic mass is 10.0. The Bertz CT molecular complexity index is 1540. The van der Waals surface area contributed by atoms with Crippen LogP contribution in [0.1, 0.15) is 52.4 Å². The summed E-state index contributed by atoms with van der Waals surface area (Å²) >= 11 is 1.10. The summed E-state index contributed by atoms with van der Waals surface area (Å²) in [7, 11) is 0. The number of hydrogen-bond acceptors (Lipinski definition) is 7. The fourth-order valence-electron chi connectivity index (χ4n) is 5.27. The summed E-state index contributed by atoms with van der Waals surface area (Å²) in [4.78, 5) is 26.4. The molecule has 1 saturated carbocycles. The third-order valence-electron chi connectivity index (χ3n) is 7.50. The molecule has 3 aromatic heterocycles. The summed E-state index contributed by atoms with van der Waals surface area (Å²) in [5.74, 6) is -0.596. The number of primary amides is 1. The van der Waals surface area contributed by atoms with Gasteiger partial charge in [-0.25, -0.2) is 4.98 Å². The maximum Gasteiger partial charge on any atom is 0.416 e. The number of fused-ring (bicyclic) bond motifs is 1. The average molecular weight is 571 g/mol. The van der Waals surface area contributed by atoms with Crippen molar-refractivity contribution >= 4 is 28.3 Å². The van der Waals surface area contributed by atoms with Crippen molar-refractivity contribution in [1.82, 2.24) is 24.3 Å². The van der Waals surface area contributed by atoms with E-state index < -0.39 is 23.8 Å². The molecule has 0 radical (unpaired) electrons. The molecule has 1 aliphatic heterocycles. The molecule has 2 fully saturated rings. The molecule has 6 rings (SSSR count). The number of carbonyl (C=O) groups excluding carboxylic acids is 1. The van der Waals surface area contributed by atoms with Gasteiger partial charge in [0.2, 0.25) is 0 Å². The van der Waals surface area contributed by atoms with E-state index >= 15 is 0 Å². The van der Waals surface area contributed by atoms with Crippen LogP contribution in [-0.4, -0.2) is 62.5 Å². The number of halogens is 3. The van der Waals surface area contributed by atoms with Gasteiger partial charge in [-0.2, -0.15) is 13.2 Å². The van der Waals surface area contributed by atoms with Crippen LogP contribution in [0.25, 0.3) is 16.0 Å². The molecule has 1 atom stereocenters. The van der Waals surface area contributed by atoms with Gasteiger partial charge in [0.1, 0.15) is 33.6 Å². The number of imidazole rings is 1. The third-order valence-corrected chi connectivity index (χ3v) is 8.63. The van der Waals surface area contributed by atoms with Crippen LogP contribution in [0.3, 0.4) is 0 Å². The Labute approximate surface area is 233 Å². The molecule has 8 nitrogen and oxygen atoms in total. The molecule has 2 N–H and O–H groups in total. The first-order valence-corrected chi connectivity index (χ1v) is 14.0. The van der Waals surface area contributed by atoms with E-state index in [1.165, 1.54) is 38.0 Å². The Balaban J connectivity index is 1.25. The normalized spacial score (nSPS) is 17.8. The van der Waals surface area contributed by atoms with Crippen molar-refractivity contribution in [3.63, 3.8) is 0 Å². The number of piperazine rings is 1. The number of amides is 1. The molecule has 0 unspecified atom stereocenters. The lowest BCUT2D eigenvalue weighted by molar-refractivity contribution is -0.139. The van der Waals surface area contributed by atoms with Crippen LogP contribution in [0.15, 0.2) is 48.9 Å². The minimum absolute atomic E-state index is 0.0278. The summed E-state index contributed by atoms with van der Waals surface area (Å²) < 4.78 is 48.5. The molecular formula is C28H29F3N6O2S. The largest absolute Gasteiger partial charge is 0.484 e. The van der Waals surface area contributed by atoms with Gasteiger partial charge in [-0.1, -0.05) is 18.2 Å². The maximum atomic E-state index is 13.6. The van der Waals surface area contributed by atoms with Crippen molar-refractivity contribution in [1.29, 1.82) is 0 Å². The second-order valence-corrected chi connectivity index (χ2v) is 11.3. The number of nitrogens with two attached hydrogens (primary N) is 1. The Morgan fingerprint density at radius 2 is 1.90 bits per heavy atom. The highest BCUT2D eigenvalue weighted by molar-refractivity contribution is 7.16. The number of carbonyl (C=O) groups is 1. The number of aromatic nitrogens is 3. The smallest absolute Gasteiger partial charge is 0.416 e. The van der Waals surface area contributed by atoms with Crippen molar-refractivity contribution in [3.8, 4) is 10.8 Å². The van der Waals surface area contributed by atoms with Crippen molar-refractivity contribution in [2.75, 3.05) is 26.2 Å². The van der Waals surface area contributed by atoms with Gasteiger partial charge in [-0.3, -0.25) is 24.1 Å². The number of pyridine rings is 1. The van der Waals surface area contributed by atoms with Crippen molar-refractivity contribution in [2.45, 2.75) is 44.6 Å². The Morgan fingerprint density at radius 1 is 1.15 bits per heavy atom. The number of thiophene rings is 1. The van der Waals surface area contributed by atoms with Gasteiger partial charge in [0, 0.05) is 50.4 Å². The molecule has 1 aliphatic carbocycles. The van der Waals surface area contributed by atoms with E-state index in [9.17, 15) is 18.0 Å². The molecular weight excluding hydrogens is 541 g/mol. The van der Waals surface area contributed by atoms with Crippen LogP contribution < -0.4 is 10.5 Å². The third kappa shape index (κ3) is 5.43. The molecule has 1 saturated heterocycles. The SMILES string of the molecule is C[C@@H](Oc1cc(-n2cnc3cnc(CN4CCN(C5CC5)CC4)cc32)sc1C(N)=O)c1ccccc1C(F)(F)F. The highest BCUT2D eigenvalue weighted by Crippen LogP contribution is 2.39. The van der Waals surface area contributed by atoms with E-state index in [4.69, 9.17) is 10.5 Å². The summed E-state index contributed by atoms with van der Waals surface area (Å²) in [6.45, 7) is 6.38. The number of hydrogen-bond donors (Lipinski definition) is 1. The monoisotopic (exact) mass is 570 g/mol. The summed E-state index contributed by atoms with van der Waals surface area (Å²) in [5.41, 5.74) is 7.23. The molecule has 40 heavy (non-hydrogen) atoms. The quantitative estimate of drug-likeness (QED) is 0.320. The first kappa shape index (κ1) is 26.7. The van der Waals surface area contributed by atoms with Gasteiger partial charge in [0.15, 0.2) is 0 Å². The fourth-order valence-corrected chi connectivity index (χ4v) is 6.20. The second-order valence-electron chi connectivity index (χ2n) is 10.3. The number of rotatable bonds is 8. The molecule has 1 amide bonds. The van der Waals surface area contributed by atoms with E-state index in [-0.39, 0.29) is 16.2 Å². The zero-order chi connectivity index (χ0) is 28.0. The zero-order valence-electron chi connectivity index (χ0n) is 21.9. The minimum atomic E-state index is -4.53. The second kappa shape index (κ2) is 10.5. The van der Waals surface area contributed by atoms with Crippen LogP contribution in [0.4, 0.5) is 13.2 Å². The molecule has 4 heterocycles. The number of ether oxygens (including phenoxy) is 1. The maximum absolute atomic E-state index is 13.6. The topological polar surface area (TPSA) is 89.5 Å². The molecule has 0 spiro atoms. The predicted octanol–water partition coefficient (Wildman–Crippen LogP) is 5.02. The average Bonchev–Trinajstić information content (AvgIpc) is 3.56. The molecule has 0 bridgehead atoms. The lowest BCUT2D eigenvalue weighted by Crippen LogP contribution is -2.46. The van der Waals surface area contributed by atoms with Gasteiger partial charge in [0.25, 0.3) is 5.91 Å². The number of benzene rings is 1. The van der Waals surface area contributed by atoms with Crippen LogP contribution >= 0.6 is 11.3 Å². The summed E-state index contributed by atoms with van der Waals surface area (Å²) in [5, 5.41) is 0.609. The highest BCUT2D eigenvalue weighted by Gasteiger charge is 2.35. The highest BCUT2D eigenvalue weighted by atomic mass is 32.1. The van der Waals surface area contributed by atoms with Gasteiger partial charge in [-0.05, 0) is 31.9 Å². The Hall–Kier alpha value is -3.48. The van der Waals surface area contributed by atoms with E-state index in [1.807, 2.05) is 10.6 Å². The zero-order valence-corrected chi connectivity index (χ0v) is 22.7. The molecule has 2 aliphatic rings.